The minimum absolute atomic E-state index is 0.170. The summed E-state index contributed by atoms with van der Waals surface area (Å²) in [6.07, 6.45) is 2.98. The number of hydrogen-bond acceptors (Lipinski definition) is 6. The van der Waals surface area contributed by atoms with Crippen LogP contribution in [0.25, 0.3) is 0 Å². The molecule has 1 atom stereocenters. The van der Waals surface area contributed by atoms with Crippen molar-refractivity contribution < 1.29 is 9.59 Å². The number of nitrogens with one attached hydrogen (secondary N) is 3. The number of carbonyl (C=O) groups is 2. The maximum absolute atomic E-state index is 13.0. The van der Waals surface area contributed by atoms with E-state index in [0.717, 1.165) is 43.6 Å². The second-order valence-electron chi connectivity index (χ2n) is 9.00. The number of thiazole rings is 1. The van der Waals surface area contributed by atoms with Gasteiger partial charge in [-0.3, -0.25) is 10.1 Å². The number of anilines is 3. The number of fused-ring (bicyclic) bond motifs is 1. The maximum atomic E-state index is 13.0. The van der Waals surface area contributed by atoms with E-state index >= 15 is 0 Å². The van der Waals surface area contributed by atoms with Crippen LogP contribution in [0, 0.1) is 5.92 Å². The monoisotopic (exact) mass is 476 g/mol. The van der Waals surface area contributed by atoms with Crippen LogP contribution in [0.4, 0.5) is 21.3 Å². The summed E-state index contributed by atoms with van der Waals surface area (Å²) in [7, 11) is 2.09. The second-order valence-corrected chi connectivity index (χ2v) is 10.1. The molecule has 0 unspecified atom stereocenters. The number of nitrogen functional groups attached to an aromatic ring is 1. The van der Waals surface area contributed by atoms with Crippen LogP contribution in [0.5, 0.6) is 0 Å². The standard InChI is InChI=1S/C25H28N6O2S/c1-31-11-10-20-21(14-31)34-25(28-20)30-23(32)17-5-2-4-16(12-17)22(15-8-9-15)29-24(33)27-19-7-3-6-18(26)13-19/h2-7,12-13,15,22H,8-11,14,26H2,1H3,(H2,27,29,33)(H,28,30,32)/t22-/m1/s1. The molecule has 34 heavy (non-hydrogen) atoms. The van der Waals surface area contributed by atoms with E-state index in [1.54, 1.807) is 30.3 Å². The fourth-order valence-corrected chi connectivity index (χ4v) is 5.33. The van der Waals surface area contributed by atoms with Gasteiger partial charge in [0, 0.05) is 41.3 Å². The molecule has 5 rings (SSSR count). The first-order chi connectivity index (χ1) is 16.4. The van der Waals surface area contributed by atoms with E-state index in [2.05, 4.69) is 32.9 Å². The molecular weight excluding hydrogens is 448 g/mol. The number of rotatable bonds is 6. The highest BCUT2D eigenvalue weighted by Crippen LogP contribution is 2.41. The Morgan fingerprint density at radius 1 is 1.15 bits per heavy atom. The number of urea groups is 1. The molecule has 0 radical (unpaired) electrons. The van der Waals surface area contributed by atoms with Crippen molar-refractivity contribution in [1.82, 2.24) is 15.2 Å². The Hall–Kier alpha value is -3.43. The van der Waals surface area contributed by atoms with Crippen molar-refractivity contribution in [2.75, 3.05) is 30.0 Å². The van der Waals surface area contributed by atoms with Gasteiger partial charge in [0.2, 0.25) is 0 Å². The summed E-state index contributed by atoms with van der Waals surface area (Å²) in [6.45, 7) is 1.84. The predicted molar refractivity (Wildman–Crippen MR) is 135 cm³/mol. The third-order valence-corrected chi connectivity index (χ3v) is 7.17. The van der Waals surface area contributed by atoms with Crippen LogP contribution in [-0.4, -0.2) is 35.4 Å². The van der Waals surface area contributed by atoms with Gasteiger partial charge in [-0.1, -0.05) is 18.2 Å². The highest BCUT2D eigenvalue weighted by Gasteiger charge is 2.34. The van der Waals surface area contributed by atoms with Gasteiger partial charge >= 0.3 is 6.03 Å². The molecule has 1 aromatic heterocycles. The molecule has 2 heterocycles. The van der Waals surface area contributed by atoms with Crippen LogP contribution in [0.1, 0.15) is 45.4 Å². The molecule has 1 fully saturated rings. The van der Waals surface area contributed by atoms with Crippen molar-refractivity contribution >= 4 is 39.8 Å². The third-order valence-electron chi connectivity index (χ3n) is 6.18. The van der Waals surface area contributed by atoms with Crippen LogP contribution in [0.2, 0.25) is 0 Å². The number of likely N-dealkylation sites (N-methyl/N-ethyl adjacent to an activating group) is 1. The number of amides is 3. The molecule has 0 bridgehead atoms. The van der Waals surface area contributed by atoms with Crippen LogP contribution >= 0.6 is 11.3 Å². The molecule has 0 spiro atoms. The third kappa shape index (κ3) is 5.21. The van der Waals surface area contributed by atoms with Gasteiger partial charge in [-0.2, -0.15) is 0 Å². The van der Waals surface area contributed by atoms with Gasteiger partial charge in [0.15, 0.2) is 5.13 Å². The molecule has 1 aliphatic carbocycles. The molecular formula is C25H28N6O2S. The minimum Gasteiger partial charge on any atom is -0.399 e. The zero-order valence-electron chi connectivity index (χ0n) is 19.0. The molecule has 2 aromatic carbocycles. The van der Waals surface area contributed by atoms with Crippen molar-refractivity contribution in [2.24, 2.45) is 5.92 Å². The molecule has 176 valence electrons. The number of benzene rings is 2. The highest BCUT2D eigenvalue weighted by molar-refractivity contribution is 7.15. The predicted octanol–water partition coefficient (Wildman–Crippen LogP) is 4.24. The van der Waals surface area contributed by atoms with Gasteiger partial charge in [-0.05, 0) is 61.7 Å². The molecule has 1 saturated carbocycles. The van der Waals surface area contributed by atoms with Gasteiger partial charge in [0.25, 0.3) is 5.91 Å². The lowest BCUT2D eigenvalue weighted by molar-refractivity contribution is 0.102. The molecule has 5 N–H and O–H groups in total. The fourth-order valence-electron chi connectivity index (χ4n) is 4.25. The van der Waals surface area contributed by atoms with Crippen LogP contribution in [0.3, 0.4) is 0 Å². The largest absolute Gasteiger partial charge is 0.399 e. The van der Waals surface area contributed by atoms with E-state index in [1.165, 1.54) is 16.2 Å². The zero-order chi connectivity index (χ0) is 23.7. The quantitative estimate of drug-likeness (QED) is 0.398. The maximum Gasteiger partial charge on any atom is 0.319 e. The van der Waals surface area contributed by atoms with E-state index in [9.17, 15) is 9.59 Å². The van der Waals surface area contributed by atoms with Crippen molar-refractivity contribution in [3.05, 3.63) is 70.2 Å². The number of nitrogens with two attached hydrogens (primary N) is 1. The molecule has 8 nitrogen and oxygen atoms in total. The van der Waals surface area contributed by atoms with E-state index in [4.69, 9.17) is 5.73 Å². The fraction of sp³-hybridized carbons (Fsp3) is 0.320. The summed E-state index contributed by atoms with van der Waals surface area (Å²) < 4.78 is 0. The lowest BCUT2D eigenvalue weighted by Crippen LogP contribution is -2.33. The summed E-state index contributed by atoms with van der Waals surface area (Å²) in [6, 6.07) is 14.1. The average molecular weight is 477 g/mol. The average Bonchev–Trinajstić information content (AvgIpc) is 3.57. The Morgan fingerprint density at radius 2 is 1.97 bits per heavy atom. The molecule has 3 amide bonds. The lowest BCUT2D eigenvalue weighted by atomic mass is 10.00. The Balaban J connectivity index is 1.28. The summed E-state index contributed by atoms with van der Waals surface area (Å²) in [5, 5.41) is 9.51. The molecule has 9 heteroatoms. The molecule has 2 aliphatic rings. The summed E-state index contributed by atoms with van der Waals surface area (Å²) >= 11 is 1.54. The molecule has 0 saturated heterocycles. The van der Waals surface area contributed by atoms with Crippen LogP contribution < -0.4 is 21.7 Å². The molecule has 1 aliphatic heterocycles. The van der Waals surface area contributed by atoms with Crippen LogP contribution in [-0.2, 0) is 13.0 Å². The number of hydrogen-bond donors (Lipinski definition) is 4. The van der Waals surface area contributed by atoms with E-state index in [0.29, 0.717) is 28.0 Å². The van der Waals surface area contributed by atoms with Gasteiger partial charge in [-0.25, -0.2) is 9.78 Å². The number of nitrogens with zero attached hydrogens (tertiary/aromatic N) is 2. The SMILES string of the molecule is CN1CCc2nc(NC(=O)c3cccc([C@H](NC(=O)Nc4cccc(N)c4)C4CC4)c3)sc2C1. The number of aromatic nitrogens is 1. The lowest BCUT2D eigenvalue weighted by Gasteiger charge is -2.20. The first-order valence-corrected chi connectivity index (χ1v) is 12.3. The molecule has 3 aromatic rings. The van der Waals surface area contributed by atoms with E-state index in [1.807, 2.05) is 18.2 Å². The van der Waals surface area contributed by atoms with Crippen molar-refractivity contribution in [3.8, 4) is 0 Å². The summed E-state index contributed by atoms with van der Waals surface area (Å²) in [5.74, 6) is 0.160. The first-order valence-electron chi connectivity index (χ1n) is 11.5. The first kappa shape index (κ1) is 22.4. The summed E-state index contributed by atoms with van der Waals surface area (Å²) in [4.78, 5) is 33.7. The zero-order valence-corrected chi connectivity index (χ0v) is 19.8. The normalized spacial score (nSPS) is 16.4. The Labute approximate surface area is 202 Å². The van der Waals surface area contributed by atoms with Crippen LogP contribution in [0.15, 0.2) is 48.5 Å². The minimum atomic E-state index is -0.296. The van der Waals surface area contributed by atoms with E-state index < -0.39 is 0 Å². The Kier molecular flexibility index (Phi) is 6.21. The van der Waals surface area contributed by atoms with Gasteiger partial charge < -0.3 is 21.3 Å². The topological polar surface area (TPSA) is 112 Å². The Morgan fingerprint density at radius 3 is 2.76 bits per heavy atom. The van der Waals surface area contributed by atoms with Gasteiger partial charge in [-0.15, -0.1) is 11.3 Å². The smallest absolute Gasteiger partial charge is 0.319 e. The van der Waals surface area contributed by atoms with Gasteiger partial charge in [0.1, 0.15) is 0 Å². The van der Waals surface area contributed by atoms with Crippen molar-refractivity contribution in [1.29, 1.82) is 0 Å². The van der Waals surface area contributed by atoms with E-state index in [-0.39, 0.29) is 18.0 Å². The Bertz CT molecular complexity index is 1220. The van der Waals surface area contributed by atoms with Crippen molar-refractivity contribution in [3.63, 3.8) is 0 Å². The highest BCUT2D eigenvalue weighted by atomic mass is 32.1. The second kappa shape index (κ2) is 9.44. The van der Waals surface area contributed by atoms with Crippen molar-refractivity contribution in [2.45, 2.75) is 31.8 Å². The summed E-state index contributed by atoms with van der Waals surface area (Å²) in [5.41, 5.74) is 9.57. The van der Waals surface area contributed by atoms with Gasteiger partial charge in [0.05, 0.1) is 11.7 Å². The number of carbonyl (C=O) groups excluding carboxylic acids is 2.